The Morgan fingerprint density at radius 1 is 0.972 bits per heavy atom. The minimum absolute atomic E-state index is 0.0604. The zero-order chi connectivity index (χ0) is 26.2. The van der Waals surface area contributed by atoms with Gasteiger partial charge in [-0.05, 0) is 60.4 Å². The lowest BCUT2D eigenvalue weighted by atomic mass is 9.69. The molecule has 2 aromatic carbocycles. The summed E-state index contributed by atoms with van der Waals surface area (Å²) < 4.78 is 57.4. The Bertz CT molecular complexity index is 1160. The number of anilines is 1. The number of hydrogen-bond acceptors (Lipinski definition) is 4. The molecule has 0 heterocycles. The number of alkyl halides is 3. The van der Waals surface area contributed by atoms with Crippen molar-refractivity contribution in [2.24, 2.45) is 17.8 Å². The Morgan fingerprint density at radius 2 is 1.61 bits per heavy atom. The van der Waals surface area contributed by atoms with E-state index < -0.39 is 52.9 Å². The first-order chi connectivity index (χ1) is 17.0. The van der Waals surface area contributed by atoms with Crippen molar-refractivity contribution >= 4 is 23.5 Å². The fraction of sp³-hybridized carbons (Fsp3) is 0.423. The molecule has 0 spiro atoms. The first-order valence-electron chi connectivity index (χ1n) is 11.6. The van der Waals surface area contributed by atoms with Crippen molar-refractivity contribution in [3.05, 3.63) is 65.0 Å². The Balaban J connectivity index is 1.50. The molecule has 2 aromatic rings. The number of carboxylic acid groups (broad SMARTS) is 1. The summed E-state index contributed by atoms with van der Waals surface area (Å²) in [6.45, 7) is 0. The van der Waals surface area contributed by atoms with Gasteiger partial charge in [0.05, 0.1) is 36.1 Å². The third-order valence-corrected chi connectivity index (χ3v) is 7.16. The lowest BCUT2D eigenvalue weighted by Crippen LogP contribution is -2.40. The van der Waals surface area contributed by atoms with E-state index >= 15 is 0 Å². The van der Waals surface area contributed by atoms with E-state index in [1.54, 1.807) is 12.1 Å². The van der Waals surface area contributed by atoms with Crippen LogP contribution >= 0.6 is 0 Å². The monoisotopic (exact) mass is 507 g/mol. The highest BCUT2D eigenvalue weighted by Gasteiger charge is 2.46. The molecule has 2 saturated carbocycles. The molecular weight excluding hydrogens is 482 g/mol. The van der Waals surface area contributed by atoms with E-state index in [1.807, 2.05) is 12.1 Å². The first-order valence-corrected chi connectivity index (χ1v) is 11.6. The van der Waals surface area contributed by atoms with Crippen LogP contribution < -0.4 is 5.32 Å². The molecule has 2 fully saturated rings. The van der Waals surface area contributed by atoms with Crippen molar-refractivity contribution in [1.82, 2.24) is 0 Å². The maximum absolute atomic E-state index is 14.3. The second kappa shape index (κ2) is 9.91. The van der Waals surface area contributed by atoms with Gasteiger partial charge in [-0.2, -0.15) is 13.2 Å². The van der Waals surface area contributed by atoms with Gasteiger partial charge >= 0.3 is 18.1 Å². The van der Waals surface area contributed by atoms with Crippen LogP contribution in [-0.2, 0) is 25.3 Å². The Labute approximate surface area is 204 Å². The Hall–Kier alpha value is -3.43. The fourth-order valence-electron chi connectivity index (χ4n) is 5.19. The van der Waals surface area contributed by atoms with E-state index in [-0.39, 0.29) is 24.2 Å². The average molecular weight is 507 g/mol. The lowest BCUT2D eigenvalue weighted by molar-refractivity contribution is -0.148. The number of ether oxygens (including phenoxy) is 1. The van der Waals surface area contributed by atoms with Crippen LogP contribution in [-0.4, -0.2) is 30.1 Å². The molecule has 2 aliphatic rings. The molecule has 2 aliphatic carbocycles. The first kappa shape index (κ1) is 25.7. The van der Waals surface area contributed by atoms with Crippen LogP contribution in [0.5, 0.6) is 0 Å². The Morgan fingerprint density at radius 3 is 2.17 bits per heavy atom. The molecule has 0 saturated heterocycles. The van der Waals surface area contributed by atoms with Gasteiger partial charge in [-0.1, -0.05) is 30.7 Å². The number of rotatable bonds is 6. The zero-order valence-corrected chi connectivity index (χ0v) is 19.3. The standard InChI is InChI=1S/C26H25F4NO5/c1-36-25(35)19-12-18(19)14-7-5-13(6-8-14)16-3-2-4-17(22(16)24(33)34)23(32)31-21-10-9-15(11-20(21)27)26(28,29)30/h5-11,16-19,22H,2-4,12H2,1H3,(H,31,32)(H,33,34)/t16-,17-,18-,19+,22-/m1/s1. The van der Waals surface area contributed by atoms with Crippen molar-refractivity contribution in [2.45, 2.75) is 43.7 Å². The van der Waals surface area contributed by atoms with Gasteiger partial charge in [-0.15, -0.1) is 0 Å². The summed E-state index contributed by atoms with van der Waals surface area (Å²) in [5.41, 5.74) is 0.0587. The Kier molecular flexibility index (Phi) is 7.06. The van der Waals surface area contributed by atoms with Crippen LogP contribution in [0.4, 0.5) is 23.2 Å². The van der Waals surface area contributed by atoms with Crippen molar-refractivity contribution in [3.63, 3.8) is 0 Å². The number of methoxy groups -OCH3 is 1. The molecule has 2 N–H and O–H groups in total. The summed E-state index contributed by atoms with van der Waals surface area (Å²) in [6, 6.07) is 9.08. The van der Waals surface area contributed by atoms with Crippen LogP contribution in [0.2, 0.25) is 0 Å². The van der Waals surface area contributed by atoms with Crippen molar-refractivity contribution in [1.29, 1.82) is 0 Å². The average Bonchev–Trinajstić information content (AvgIpc) is 3.64. The highest BCUT2D eigenvalue weighted by molar-refractivity contribution is 5.95. The number of halogens is 4. The van der Waals surface area contributed by atoms with Crippen LogP contribution in [0, 0.1) is 23.6 Å². The van der Waals surface area contributed by atoms with Gasteiger partial charge in [0.1, 0.15) is 5.82 Å². The minimum Gasteiger partial charge on any atom is -0.481 e. The molecule has 1 amide bonds. The highest BCUT2D eigenvalue weighted by Crippen LogP contribution is 2.49. The molecule has 0 unspecified atom stereocenters. The topological polar surface area (TPSA) is 92.7 Å². The number of carbonyl (C=O) groups is 3. The van der Waals surface area contributed by atoms with Gasteiger partial charge in [0, 0.05) is 0 Å². The lowest BCUT2D eigenvalue weighted by Gasteiger charge is -2.35. The number of hydrogen-bond donors (Lipinski definition) is 2. The number of benzene rings is 2. The van der Waals surface area contributed by atoms with E-state index in [0.717, 1.165) is 17.2 Å². The molecule has 6 nitrogen and oxygen atoms in total. The van der Waals surface area contributed by atoms with E-state index in [9.17, 15) is 37.1 Å². The molecule has 0 radical (unpaired) electrons. The van der Waals surface area contributed by atoms with Crippen molar-refractivity contribution in [3.8, 4) is 0 Å². The van der Waals surface area contributed by atoms with Crippen LogP contribution in [0.3, 0.4) is 0 Å². The van der Waals surface area contributed by atoms with E-state index in [1.165, 1.54) is 7.11 Å². The third kappa shape index (κ3) is 5.22. The van der Waals surface area contributed by atoms with Gasteiger partial charge in [-0.3, -0.25) is 14.4 Å². The molecule has 10 heteroatoms. The molecule has 192 valence electrons. The van der Waals surface area contributed by atoms with E-state index in [0.29, 0.717) is 31.4 Å². The molecule has 5 atom stereocenters. The number of carbonyl (C=O) groups excluding carboxylic acids is 2. The summed E-state index contributed by atoms with van der Waals surface area (Å²) in [6.07, 6.45) is -2.71. The van der Waals surface area contributed by atoms with E-state index in [4.69, 9.17) is 4.74 Å². The number of amides is 1. The van der Waals surface area contributed by atoms with Gasteiger partial charge in [0.15, 0.2) is 0 Å². The molecule has 0 bridgehead atoms. The third-order valence-electron chi connectivity index (χ3n) is 7.16. The quantitative estimate of drug-likeness (QED) is 0.407. The SMILES string of the molecule is COC(=O)[C@H]1C[C@@H]1c1ccc([C@H]2CCC[C@@H](C(=O)Nc3ccc(C(F)(F)F)cc3F)[C@@H]2C(=O)O)cc1. The predicted octanol–water partition coefficient (Wildman–Crippen LogP) is 5.34. The summed E-state index contributed by atoms with van der Waals surface area (Å²) >= 11 is 0. The van der Waals surface area contributed by atoms with Gasteiger partial charge in [0.25, 0.3) is 0 Å². The van der Waals surface area contributed by atoms with Crippen LogP contribution in [0.15, 0.2) is 42.5 Å². The van der Waals surface area contributed by atoms with Gasteiger partial charge in [-0.25, -0.2) is 4.39 Å². The molecule has 0 aromatic heterocycles. The minimum atomic E-state index is -4.73. The molecular formula is C26H25F4NO5. The number of nitrogens with one attached hydrogen (secondary N) is 1. The summed E-state index contributed by atoms with van der Waals surface area (Å²) in [5, 5.41) is 12.3. The smallest absolute Gasteiger partial charge is 0.416 e. The molecule has 0 aliphatic heterocycles. The van der Waals surface area contributed by atoms with E-state index in [2.05, 4.69) is 5.32 Å². The van der Waals surface area contributed by atoms with Gasteiger partial charge < -0.3 is 15.2 Å². The molecule has 36 heavy (non-hydrogen) atoms. The van der Waals surface area contributed by atoms with Crippen molar-refractivity contribution in [2.75, 3.05) is 12.4 Å². The van der Waals surface area contributed by atoms with Crippen LogP contribution in [0.25, 0.3) is 0 Å². The summed E-state index contributed by atoms with van der Waals surface area (Å²) in [7, 11) is 1.34. The maximum Gasteiger partial charge on any atom is 0.416 e. The maximum atomic E-state index is 14.3. The fourth-order valence-corrected chi connectivity index (χ4v) is 5.19. The largest absolute Gasteiger partial charge is 0.481 e. The normalized spacial score (nSPS) is 25.6. The number of carboxylic acids is 1. The number of aliphatic carboxylic acids is 1. The molecule has 4 rings (SSSR count). The summed E-state index contributed by atoms with van der Waals surface area (Å²) in [5.74, 6) is -6.12. The number of esters is 1. The van der Waals surface area contributed by atoms with Crippen molar-refractivity contribution < 1.29 is 41.8 Å². The second-order valence-corrected chi connectivity index (χ2v) is 9.33. The van der Waals surface area contributed by atoms with Crippen LogP contribution in [0.1, 0.15) is 54.2 Å². The zero-order valence-electron chi connectivity index (χ0n) is 19.3. The second-order valence-electron chi connectivity index (χ2n) is 9.33. The van der Waals surface area contributed by atoms with Gasteiger partial charge in [0.2, 0.25) is 5.91 Å². The highest BCUT2D eigenvalue weighted by atomic mass is 19.4. The summed E-state index contributed by atoms with van der Waals surface area (Å²) in [4.78, 5) is 36.9. The predicted molar refractivity (Wildman–Crippen MR) is 121 cm³/mol.